The van der Waals surface area contributed by atoms with Crippen LogP contribution >= 0.6 is 0 Å². The topological polar surface area (TPSA) is 78.9 Å². The first kappa shape index (κ1) is 9.39. The molecule has 0 unspecified atom stereocenters. The lowest BCUT2D eigenvalue weighted by atomic mass is 10.1. The van der Waals surface area contributed by atoms with E-state index < -0.39 is 5.97 Å². The first-order chi connectivity index (χ1) is 7.18. The third kappa shape index (κ3) is 1.71. The number of pyridine rings is 1. The van der Waals surface area contributed by atoms with E-state index >= 15 is 0 Å². The molecule has 0 aliphatic rings. The molecule has 0 spiro atoms. The van der Waals surface area contributed by atoms with Crippen LogP contribution in [0.4, 0.5) is 0 Å². The maximum absolute atomic E-state index is 10.6. The summed E-state index contributed by atoms with van der Waals surface area (Å²) in [5, 5.41) is 15.1. The predicted molar refractivity (Wildman–Crippen MR) is 53.5 cm³/mol. The van der Waals surface area contributed by atoms with Gasteiger partial charge in [0.15, 0.2) is 0 Å². The van der Waals surface area contributed by atoms with Crippen LogP contribution in [0.2, 0.25) is 0 Å². The van der Waals surface area contributed by atoms with E-state index in [9.17, 15) is 4.79 Å². The molecule has 0 atom stereocenters. The van der Waals surface area contributed by atoms with Crippen LogP contribution in [0.1, 0.15) is 16.1 Å². The minimum Gasteiger partial charge on any atom is -0.477 e. The monoisotopic (exact) mass is 203 g/mol. The Labute approximate surface area is 85.8 Å². The number of carboxylic acids is 1. The maximum atomic E-state index is 10.6. The fourth-order valence-corrected chi connectivity index (χ4v) is 1.31. The van der Waals surface area contributed by atoms with Crippen LogP contribution in [0.15, 0.2) is 24.4 Å². The summed E-state index contributed by atoms with van der Waals surface area (Å²) in [4.78, 5) is 14.8. The van der Waals surface area contributed by atoms with Crippen LogP contribution in [0.25, 0.3) is 11.4 Å². The lowest BCUT2D eigenvalue weighted by molar-refractivity contribution is 0.0690. The fourth-order valence-electron chi connectivity index (χ4n) is 1.31. The number of hydrogen-bond acceptors (Lipinski definition) is 3. The molecule has 0 bridgehead atoms. The van der Waals surface area contributed by atoms with Gasteiger partial charge >= 0.3 is 5.97 Å². The number of nitrogens with zero attached hydrogens (tertiary/aromatic N) is 2. The molecular formula is C10H9N3O2. The van der Waals surface area contributed by atoms with Gasteiger partial charge in [-0.25, -0.2) is 4.79 Å². The number of H-pyrrole nitrogens is 1. The summed E-state index contributed by atoms with van der Waals surface area (Å²) in [6, 6.07) is 5.19. The van der Waals surface area contributed by atoms with Crippen molar-refractivity contribution in [3.8, 4) is 11.4 Å². The highest BCUT2D eigenvalue weighted by atomic mass is 16.4. The van der Waals surface area contributed by atoms with Crippen molar-refractivity contribution in [2.45, 2.75) is 6.92 Å². The van der Waals surface area contributed by atoms with E-state index in [4.69, 9.17) is 5.11 Å². The second-order valence-electron chi connectivity index (χ2n) is 3.14. The van der Waals surface area contributed by atoms with Gasteiger partial charge in [0.1, 0.15) is 11.4 Å². The number of rotatable bonds is 2. The normalized spacial score (nSPS) is 10.2. The van der Waals surface area contributed by atoms with E-state index in [0.29, 0.717) is 11.4 Å². The van der Waals surface area contributed by atoms with Crippen molar-refractivity contribution >= 4 is 5.97 Å². The smallest absolute Gasteiger partial charge is 0.353 e. The molecule has 2 N–H and O–H groups in total. The summed E-state index contributed by atoms with van der Waals surface area (Å²) in [5.41, 5.74) is 2.27. The molecule has 0 aliphatic heterocycles. The van der Waals surface area contributed by atoms with E-state index in [1.807, 2.05) is 19.1 Å². The molecule has 2 rings (SSSR count). The van der Waals surface area contributed by atoms with Gasteiger partial charge in [0.25, 0.3) is 0 Å². The van der Waals surface area contributed by atoms with Crippen molar-refractivity contribution in [1.29, 1.82) is 0 Å². The van der Waals surface area contributed by atoms with Crippen LogP contribution in [0.3, 0.4) is 0 Å². The zero-order chi connectivity index (χ0) is 10.8. The summed E-state index contributed by atoms with van der Waals surface area (Å²) in [6.45, 7) is 1.90. The van der Waals surface area contributed by atoms with E-state index in [0.717, 1.165) is 5.56 Å². The van der Waals surface area contributed by atoms with E-state index in [1.165, 1.54) is 6.07 Å². The number of aryl methyl sites for hydroxylation is 1. The number of carboxylic acid groups (broad SMARTS) is 1. The summed E-state index contributed by atoms with van der Waals surface area (Å²) in [6.07, 6.45) is 1.65. The summed E-state index contributed by atoms with van der Waals surface area (Å²) >= 11 is 0. The third-order valence-electron chi connectivity index (χ3n) is 2.06. The molecular weight excluding hydrogens is 194 g/mol. The van der Waals surface area contributed by atoms with Crippen LogP contribution in [0.5, 0.6) is 0 Å². The summed E-state index contributed by atoms with van der Waals surface area (Å²) in [5.74, 6) is -1.03. The van der Waals surface area contributed by atoms with E-state index in [2.05, 4.69) is 15.2 Å². The molecule has 15 heavy (non-hydrogen) atoms. The molecule has 0 saturated carbocycles. The molecule has 0 aliphatic carbocycles. The Bertz CT molecular complexity index is 505. The highest BCUT2D eigenvalue weighted by Crippen LogP contribution is 2.18. The first-order valence-electron chi connectivity index (χ1n) is 4.39. The molecule has 5 heteroatoms. The standard InChI is InChI=1S/C10H9N3O2/c1-6-3-2-4-11-9(6)7-5-8(10(14)15)13-12-7/h2-5H,1H3,(H,12,13)(H,14,15). The Morgan fingerprint density at radius 2 is 2.33 bits per heavy atom. The predicted octanol–water partition coefficient (Wildman–Crippen LogP) is 1.48. The Balaban J connectivity index is 2.46. The first-order valence-corrected chi connectivity index (χ1v) is 4.39. The lowest BCUT2D eigenvalue weighted by Gasteiger charge is -1.98. The molecule has 2 aromatic heterocycles. The van der Waals surface area contributed by atoms with Gasteiger partial charge in [-0.15, -0.1) is 0 Å². The Morgan fingerprint density at radius 1 is 1.53 bits per heavy atom. The molecule has 0 aromatic carbocycles. The van der Waals surface area contributed by atoms with E-state index in [1.54, 1.807) is 6.20 Å². The molecule has 2 aromatic rings. The molecule has 0 amide bonds. The number of aromatic carboxylic acids is 1. The number of aromatic amines is 1. The number of hydrogen-bond donors (Lipinski definition) is 2. The fraction of sp³-hybridized carbons (Fsp3) is 0.100. The molecule has 5 nitrogen and oxygen atoms in total. The lowest BCUT2D eigenvalue weighted by Crippen LogP contribution is -1.95. The minimum atomic E-state index is -1.03. The van der Waals surface area contributed by atoms with Gasteiger partial charge in [0.2, 0.25) is 0 Å². The Morgan fingerprint density at radius 3 is 2.93 bits per heavy atom. The van der Waals surface area contributed by atoms with Crippen molar-refractivity contribution in [2.24, 2.45) is 0 Å². The van der Waals surface area contributed by atoms with Crippen molar-refractivity contribution in [3.63, 3.8) is 0 Å². The number of carbonyl (C=O) groups is 1. The largest absolute Gasteiger partial charge is 0.477 e. The minimum absolute atomic E-state index is 0.0649. The Kier molecular flexibility index (Phi) is 2.21. The zero-order valence-electron chi connectivity index (χ0n) is 8.06. The van der Waals surface area contributed by atoms with Gasteiger partial charge in [0, 0.05) is 12.3 Å². The van der Waals surface area contributed by atoms with Gasteiger partial charge < -0.3 is 5.11 Å². The van der Waals surface area contributed by atoms with Crippen molar-refractivity contribution in [2.75, 3.05) is 0 Å². The van der Waals surface area contributed by atoms with Gasteiger partial charge in [-0.1, -0.05) is 6.07 Å². The molecule has 76 valence electrons. The number of aromatic nitrogens is 3. The van der Waals surface area contributed by atoms with Crippen LogP contribution in [-0.2, 0) is 0 Å². The maximum Gasteiger partial charge on any atom is 0.353 e. The average Bonchev–Trinajstić information content (AvgIpc) is 2.67. The highest BCUT2D eigenvalue weighted by Gasteiger charge is 2.11. The second-order valence-corrected chi connectivity index (χ2v) is 3.14. The average molecular weight is 203 g/mol. The molecule has 0 fully saturated rings. The van der Waals surface area contributed by atoms with Crippen LogP contribution in [-0.4, -0.2) is 26.3 Å². The molecule has 2 heterocycles. The summed E-state index contributed by atoms with van der Waals surface area (Å²) in [7, 11) is 0. The van der Waals surface area contributed by atoms with Crippen LogP contribution < -0.4 is 0 Å². The number of nitrogens with one attached hydrogen (secondary N) is 1. The van der Waals surface area contributed by atoms with Crippen molar-refractivity contribution < 1.29 is 9.90 Å². The molecule has 0 radical (unpaired) electrons. The Hall–Kier alpha value is -2.17. The van der Waals surface area contributed by atoms with Crippen LogP contribution in [0, 0.1) is 6.92 Å². The van der Waals surface area contributed by atoms with Gasteiger partial charge in [-0.2, -0.15) is 5.10 Å². The van der Waals surface area contributed by atoms with Gasteiger partial charge in [-0.05, 0) is 18.6 Å². The quantitative estimate of drug-likeness (QED) is 0.774. The SMILES string of the molecule is Cc1cccnc1-c1cc(C(=O)O)[nH]n1. The van der Waals surface area contributed by atoms with Crippen molar-refractivity contribution in [3.05, 3.63) is 35.7 Å². The molecule has 0 saturated heterocycles. The highest BCUT2D eigenvalue weighted by molar-refractivity contribution is 5.86. The van der Waals surface area contributed by atoms with Gasteiger partial charge in [0.05, 0.1) is 5.69 Å². The third-order valence-corrected chi connectivity index (χ3v) is 2.06. The summed E-state index contributed by atoms with van der Waals surface area (Å²) < 4.78 is 0. The van der Waals surface area contributed by atoms with E-state index in [-0.39, 0.29) is 5.69 Å². The van der Waals surface area contributed by atoms with Crippen molar-refractivity contribution in [1.82, 2.24) is 15.2 Å². The zero-order valence-corrected chi connectivity index (χ0v) is 8.06. The second kappa shape index (κ2) is 3.53. The van der Waals surface area contributed by atoms with Gasteiger partial charge in [-0.3, -0.25) is 10.1 Å².